The van der Waals surface area contributed by atoms with E-state index in [2.05, 4.69) is 31.2 Å². The molecule has 2 fully saturated rings. The maximum atomic E-state index is 5.61. The Morgan fingerprint density at radius 3 is 2.71 bits per heavy atom. The largest absolute Gasteiger partial charge is 0.346 e. The summed E-state index contributed by atoms with van der Waals surface area (Å²) in [6.45, 7) is 3.75. The molecule has 0 amide bonds. The van der Waals surface area contributed by atoms with Gasteiger partial charge in [-0.2, -0.15) is 0 Å². The van der Waals surface area contributed by atoms with Crippen molar-refractivity contribution in [3.63, 3.8) is 0 Å². The first-order valence-electron chi connectivity index (χ1n) is 8.67. The number of hydrogen-bond donors (Lipinski definition) is 0. The Morgan fingerprint density at radius 2 is 1.90 bits per heavy atom. The number of ether oxygens (including phenoxy) is 2. The lowest BCUT2D eigenvalue weighted by Gasteiger charge is -2.29. The van der Waals surface area contributed by atoms with Crippen molar-refractivity contribution in [2.75, 3.05) is 13.2 Å². The zero-order valence-corrected chi connectivity index (χ0v) is 13.2. The molecule has 1 aromatic carbocycles. The van der Waals surface area contributed by atoms with Gasteiger partial charge < -0.3 is 9.47 Å². The molecule has 21 heavy (non-hydrogen) atoms. The summed E-state index contributed by atoms with van der Waals surface area (Å²) in [5.74, 6) is 1.84. The average Bonchev–Trinajstić information content (AvgIpc) is 3.03. The maximum Gasteiger partial charge on any atom is 0.184 e. The second kappa shape index (κ2) is 7.42. The monoisotopic (exact) mass is 288 g/mol. The summed E-state index contributed by atoms with van der Waals surface area (Å²) in [5, 5.41) is 0. The summed E-state index contributed by atoms with van der Waals surface area (Å²) in [6.07, 6.45) is 9.54. The van der Waals surface area contributed by atoms with Crippen molar-refractivity contribution in [2.24, 2.45) is 11.8 Å². The van der Waals surface area contributed by atoms with Crippen LogP contribution in [-0.2, 0) is 15.9 Å². The molecule has 2 heteroatoms. The van der Waals surface area contributed by atoms with Crippen LogP contribution in [0.15, 0.2) is 24.3 Å². The van der Waals surface area contributed by atoms with Crippen LogP contribution in [0, 0.1) is 11.8 Å². The van der Waals surface area contributed by atoms with E-state index < -0.39 is 0 Å². The van der Waals surface area contributed by atoms with Crippen molar-refractivity contribution in [3.8, 4) is 0 Å². The van der Waals surface area contributed by atoms with Crippen molar-refractivity contribution >= 4 is 0 Å². The molecule has 0 radical (unpaired) electrons. The van der Waals surface area contributed by atoms with Crippen LogP contribution >= 0.6 is 0 Å². The zero-order valence-electron chi connectivity index (χ0n) is 13.2. The molecule has 1 aromatic rings. The molecule has 1 saturated heterocycles. The van der Waals surface area contributed by atoms with Crippen LogP contribution in [0.5, 0.6) is 0 Å². The second-order valence-corrected chi connectivity index (χ2v) is 6.71. The highest BCUT2D eigenvalue weighted by molar-refractivity contribution is 5.25. The fourth-order valence-electron chi connectivity index (χ4n) is 4.01. The highest BCUT2D eigenvalue weighted by Crippen LogP contribution is 2.34. The van der Waals surface area contributed by atoms with Crippen molar-refractivity contribution in [1.29, 1.82) is 0 Å². The van der Waals surface area contributed by atoms with Crippen LogP contribution in [0.3, 0.4) is 0 Å². The molecular formula is C19H28O2. The summed E-state index contributed by atoms with van der Waals surface area (Å²) in [6, 6.07) is 8.84. The van der Waals surface area contributed by atoms with E-state index in [4.69, 9.17) is 9.47 Å². The van der Waals surface area contributed by atoms with Crippen molar-refractivity contribution in [1.82, 2.24) is 0 Å². The van der Waals surface area contributed by atoms with Gasteiger partial charge >= 0.3 is 0 Å². The second-order valence-electron chi connectivity index (χ2n) is 6.71. The molecule has 116 valence electrons. The van der Waals surface area contributed by atoms with E-state index in [-0.39, 0.29) is 6.29 Å². The van der Waals surface area contributed by atoms with E-state index in [9.17, 15) is 0 Å². The van der Waals surface area contributed by atoms with Gasteiger partial charge in [0.05, 0.1) is 13.2 Å². The van der Waals surface area contributed by atoms with Crippen LogP contribution in [0.25, 0.3) is 0 Å². The Bertz CT molecular complexity index is 435. The molecule has 2 nitrogen and oxygen atoms in total. The number of benzene rings is 1. The average molecular weight is 288 g/mol. The molecule has 2 atom stereocenters. The minimum absolute atomic E-state index is 0.135. The van der Waals surface area contributed by atoms with Gasteiger partial charge in [0.15, 0.2) is 6.29 Å². The van der Waals surface area contributed by atoms with Crippen LogP contribution < -0.4 is 0 Å². The third-order valence-electron chi connectivity index (χ3n) is 4.96. The SMILES string of the molecule is CCCC1CCCC(Cc2cccc(C3OCCO3)c2)C1. The molecule has 1 heterocycles. The van der Waals surface area contributed by atoms with E-state index in [1.165, 1.54) is 56.1 Å². The van der Waals surface area contributed by atoms with Crippen molar-refractivity contribution < 1.29 is 9.47 Å². The summed E-state index contributed by atoms with van der Waals surface area (Å²) in [5.41, 5.74) is 2.64. The lowest BCUT2D eigenvalue weighted by molar-refractivity contribution is -0.0441. The summed E-state index contributed by atoms with van der Waals surface area (Å²) in [7, 11) is 0. The number of hydrogen-bond acceptors (Lipinski definition) is 2. The lowest BCUT2D eigenvalue weighted by atomic mass is 9.77. The standard InChI is InChI=1S/C19H28O2/c1-2-5-15-6-3-7-16(12-15)13-17-8-4-9-18(14-17)19-20-10-11-21-19/h4,8-9,14-16,19H,2-3,5-7,10-13H2,1H3. The Labute approximate surface area is 128 Å². The summed E-state index contributed by atoms with van der Waals surface area (Å²) in [4.78, 5) is 0. The Kier molecular flexibility index (Phi) is 5.32. The molecule has 2 aliphatic rings. The Morgan fingerprint density at radius 1 is 1.10 bits per heavy atom. The van der Waals surface area contributed by atoms with Gasteiger partial charge in [-0.3, -0.25) is 0 Å². The van der Waals surface area contributed by atoms with E-state index in [0.717, 1.165) is 25.0 Å². The molecule has 0 spiro atoms. The molecule has 1 saturated carbocycles. The first-order chi connectivity index (χ1) is 10.3. The van der Waals surface area contributed by atoms with Gasteiger partial charge in [0.1, 0.15) is 0 Å². The van der Waals surface area contributed by atoms with Crippen LogP contribution in [0.1, 0.15) is 62.9 Å². The van der Waals surface area contributed by atoms with Crippen LogP contribution in [-0.4, -0.2) is 13.2 Å². The van der Waals surface area contributed by atoms with Gasteiger partial charge in [0.2, 0.25) is 0 Å². The molecule has 0 aromatic heterocycles. The highest BCUT2D eigenvalue weighted by Gasteiger charge is 2.22. The fraction of sp³-hybridized carbons (Fsp3) is 0.684. The lowest BCUT2D eigenvalue weighted by Crippen LogP contribution is -2.17. The van der Waals surface area contributed by atoms with E-state index in [1.807, 2.05) is 0 Å². The van der Waals surface area contributed by atoms with Gasteiger partial charge in [0, 0.05) is 5.56 Å². The Balaban J connectivity index is 1.60. The normalized spacial score (nSPS) is 27.1. The zero-order chi connectivity index (χ0) is 14.5. The van der Waals surface area contributed by atoms with Crippen LogP contribution in [0.2, 0.25) is 0 Å². The molecule has 0 N–H and O–H groups in total. The van der Waals surface area contributed by atoms with Gasteiger partial charge in [-0.05, 0) is 30.2 Å². The summed E-state index contributed by atoms with van der Waals surface area (Å²) >= 11 is 0. The number of rotatable bonds is 5. The molecule has 3 rings (SSSR count). The molecular weight excluding hydrogens is 260 g/mol. The molecule has 1 aliphatic heterocycles. The first kappa shape index (κ1) is 15.1. The van der Waals surface area contributed by atoms with Gasteiger partial charge in [-0.15, -0.1) is 0 Å². The summed E-state index contributed by atoms with van der Waals surface area (Å²) < 4.78 is 11.2. The Hall–Kier alpha value is -0.860. The van der Waals surface area contributed by atoms with Crippen molar-refractivity contribution in [2.45, 2.75) is 58.2 Å². The smallest absolute Gasteiger partial charge is 0.184 e. The fourth-order valence-corrected chi connectivity index (χ4v) is 4.01. The van der Waals surface area contributed by atoms with Gasteiger partial charge in [0.25, 0.3) is 0 Å². The maximum absolute atomic E-state index is 5.61. The third kappa shape index (κ3) is 4.08. The van der Waals surface area contributed by atoms with Crippen LogP contribution in [0.4, 0.5) is 0 Å². The minimum atomic E-state index is -0.135. The minimum Gasteiger partial charge on any atom is -0.346 e. The quantitative estimate of drug-likeness (QED) is 0.768. The molecule has 0 bridgehead atoms. The van der Waals surface area contributed by atoms with E-state index in [0.29, 0.717) is 0 Å². The third-order valence-corrected chi connectivity index (χ3v) is 4.96. The van der Waals surface area contributed by atoms with Gasteiger partial charge in [-0.1, -0.05) is 63.3 Å². The molecule has 1 aliphatic carbocycles. The van der Waals surface area contributed by atoms with Gasteiger partial charge in [-0.25, -0.2) is 0 Å². The topological polar surface area (TPSA) is 18.5 Å². The predicted molar refractivity (Wildman–Crippen MR) is 85.1 cm³/mol. The van der Waals surface area contributed by atoms with E-state index >= 15 is 0 Å². The molecule has 2 unspecified atom stereocenters. The first-order valence-corrected chi connectivity index (χ1v) is 8.67. The van der Waals surface area contributed by atoms with E-state index in [1.54, 1.807) is 0 Å². The predicted octanol–water partition coefficient (Wildman–Crippen LogP) is 4.88. The van der Waals surface area contributed by atoms with Crippen molar-refractivity contribution in [3.05, 3.63) is 35.4 Å². The highest BCUT2D eigenvalue weighted by atomic mass is 16.7.